The van der Waals surface area contributed by atoms with E-state index < -0.39 is 10.9 Å². The molecule has 1 heterocycles. The number of thiocarbonyl (C=S) groups is 1. The molecule has 0 bridgehead atoms. The fourth-order valence-electron chi connectivity index (χ4n) is 1.81. The SMILES string of the molecule is CCOC(=O)CN1C(=S)COc2ccc([N+](=O)[O-])cc21. The lowest BCUT2D eigenvalue weighted by molar-refractivity contribution is -0.384. The molecule has 0 aliphatic carbocycles. The van der Waals surface area contributed by atoms with E-state index in [-0.39, 0.29) is 25.4 Å². The molecule has 1 aliphatic heterocycles. The fraction of sp³-hybridized carbons (Fsp3) is 0.333. The summed E-state index contributed by atoms with van der Waals surface area (Å²) < 4.78 is 10.3. The normalized spacial score (nSPS) is 13.4. The summed E-state index contributed by atoms with van der Waals surface area (Å²) in [7, 11) is 0. The fourth-order valence-corrected chi connectivity index (χ4v) is 2.03. The molecule has 0 aromatic heterocycles. The molecule has 1 aromatic rings. The summed E-state index contributed by atoms with van der Waals surface area (Å²) in [5.74, 6) is 0.00250. The molecule has 7 nitrogen and oxygen atoms in total. The zero-order valence-corrected chi connectivity index (χ0v) is 11.5. The van der Waals surface area contributed by atoms with Gasteiger partial charge >= 0.3 is 5.97 Å². The lowest BCUT2D eigenvalue weighted by Gasteiger charge is -2.30. The first kappa shape index (κ1) is 14.2. The van der Waals surface area contributed by atoms with Gasteiger partial charge in [0, 0.05) is 12.1 Å². The number of hydrogen-bond donors (Lipinski definition) is 0. The van der Waals surface area contributed by atoms with Crippen LogP contribution < -0.4 is 9.64 Å². The maximum atomic E-state index is 11.6. The van der Waals surface area contributed by atoms with Gasteiger partial charge in [0.1, 0.15) is 23.9 Å². The molecule has 0 saturated heterocycles. The van der Waals surface area contributed by atoms with Gasteiger partial charge < -0.3 is 14.4 Å². The number of nitro benzene ring substituents is 1. The molecule has 0 radical (unpaired) electrons. The van der Waals surface area contributed by atoms with E-state index in [1.165, 1.54) is 23.1 Å². The van der Waals surface area contributed by atoms with Crippen molar-refractivity contribution in [3.8, 4) is 5.75 Å². The molecule has 8 heteroatoms. The van der Waals surface area contributed by atoms with Crippen molar-refractivity contribution in [1.29, 1.82) is 0 Å². The second-order valence-electron chi connectivity index (χ2n) is 3.98. The van der Waals surface area contributed by atoms with Crippen LogP contribution in [0.3, 0.4) is 0 Å². The Balaban J connectivity index is 2.34. The minimum Gasteiger partial charge on any atom is -0.484 e. The first-order valence-electron chi connectivity index (χ1n) is 5.90. The lowest BCUT2D eigenvalue weighted by atomic mass is 10.2. The van der Waals surface area contributed by atoms with Crippen molar-refractivity contribution >= 4 is 34.6 Å². The molecule has 0 unspecified atom stereocenters. The van der Waals surface area contributed by atoms with E-state index >= 15 is 0 Å². The molecular formula is C12H12N2O5S. The van der Waals surface area contributed by atoms with Crippen LogP contribution in [0.25, 0.3) is 0 Å². The summed E-state index contributed by atoms with van der Waals surface area (Å²) in [6.07, 6.45) is 0. The first-order valence-corrected chi connectivity index (χ1v) is 6.31. The van der Waals surface area contributed by atoms with Crippen molar-refractivity contribution in [3.63, 3.8) is 0 Å². The number of benzene rings is 1. The van der Waals surface area contributed by atoms with Crippen LogP contribution in [-0.2, 0) is 9.53 Å². The number of esters is 1. The number of non-ortho nitro benzene ring substituents is 1. The molecule has 0 amide bonds. The van der Waals surface area contributed by atoms with E-state index in [2.05, 4.69) is 0 Å². The zero-order chi connectivity index (χ0) is 14.7. The van der Waals surface area contributed by atoms with Crippen molar-refractivity contribution in [1.82, 2.24) is 0 Å². The van der Waals surface area contributed by atoms with Gasteiger partial charge in [0.2, 0.25) is 0 Å². The van der Waals surface area contributed by atoms with Gasteiger partial charge in [-0.15, -0.1) is 0 Å². The summed E-state index contributed by atoms with van der Waals surface area (Å²) in [6.45, 7) is 2.02. The minimum atomic E-state index is -0.513. The van der Waals surface area contributed by atoms with Gasteiger partial charge in [-0.3, -0.25) is 14.9 Å². The monoisotopic (exact) mass is 296 g/mol. The number of hydrogen-bond acceptors (Lipinski definition) is 6. The number of anilines is 1. The van der Waals surface area contributed by atoms with Gasteiger partial charge in [-0.05, 0) is 13.0 Å². The van der Waals surface area contributed by atoms with Crippen LogP contribution in [0, 0.1) is 10.1 Å². The summed E-state index contributed by atoms with van der Waals surface area (Å²) in [6, 6.07) is 4.17. The van der Waals surface area contributed by atoms with E-state index in [0.717, 1.165) is 0 Å². The van der Waals surface area contributed by atoms with Crippen LogP contribution in [0.4, 0.5) is 11.4 Å². The van der Waals surface area contributed by atoms with Gasteiger partial charge in [-0.25, -0.2) is 0 Å². The zero-order valence-electron chi connectivity index (χ0n) is 10.7. The van der Waals surface area contributed by atoms with E-state index in [9.17, 15) is 14.9 Å². The third-order valence-corrected chi connectivity index (χ3v) is 3.03. The molecule has 0 fully saturated rings. The van der Waals surface area contributed by atoms with Gasteiger partial charge in [-0.2, -0.15) is 0 Å². The van der Waals surface area contributed by atoms with Crippen LogP contribution in [0.15, 0.2) is 18.2 Å². The molecule has 20 heavy (non-hydrogen) atoms. The number of nitrogens with zero attached hydrogens (tertiary/aromatic N) is 2. The van der Waals surface area contributed by atoms with Crippen LogP contribution in [0.5, 0.6) is 5.75 Å². The Morgan fingerprint density at radius 2 is 2.35 bits per heavy atom. The average Bonchev–Trinajstić information content (AvgIpc) is 2.41. The Hall–Kier alpha value is -2.22. The highest BCUT2D eigenvalue weighted by atomic mass is 32.1. The predicted molar refractivity (Wildman–Crippen MR) is 75.2 cm³/mol. The standard InChI is InChI=1S/C12H12N2O5S/c1-2-18-12(15)6-13-9-5-8(14(16)17)3-4-10(9)19-7-11(13)20/h3-5H,2,6-7H2,1H3. The third-order valence-electron chi connectivity index (χ3n) is 2.69. The number of fused-ring (bicyclic) bond motifs is 1. The topological polar surface area (TPSA) is 81.9 Å². The molecule has 0 spiro atoms. The van der Waals surface area contributed by atoms with Crippen LogP contribution in [0.2, 0.25) is 0 Å². The summed E-state index contributed by atoms with van der Waals surface area (Å²) in [5.41, 5.74) is 0.314. The number of carbonyl (C=O) groups excluding carboxylic acids is 1. The summed E-state index contributed by atoms with van der Waals surface area (Å²) in [5, 5.41) is 10.8. The number of ether oxygens (including phenoxy) is 2. The van der Waals surface area contributed by atoms with Crippen molar-refractivity contribution in [2.45, 2.75) is 6.92 Å². The Morgan fingerprint density at radius 3 is 3.00 bits per heavy atom. The Kier molecular flexibility index (Phi) is 4.14. The smallest absolute Gasteiger partial charge is 0.325 e. The van der Waals surface area contributed by atoms with Crippen molar-refractivity contribution in [2.75, 3.05) is 24.7 Å². The second-order valence-corrected chi connectivity index (χ2v) is 4.45. The Morgan fingerprint density at radius 1 is 1.60 bits per heavy atom. The third kappa shape index (κ3) is 2.85. The van der Waals surface area contributed by atoms with Gasteiger partial charge in [0.25, 0.3) is 5.69 Å². The average molecular weight is 296 g/mol. The number of carbonyl (C=O) groups is 1. The minimum absolute atomic E-state index is 0.0918. The van der Waals surface area contributed by atoms with E-state index in [1.807, 2.05) is 0 Å². The van der Waals surface area contributed by atoms with Crippen molar-refractivity contribution in [3.05, 3.63) is 28.3 Å². The summed E-state index contributed by atoms with van der Waals surface area (Å²) in [4.78, 5) is 23.8. The molecule has 0 N–H and O–H groups in total. The highest BCUT2D eigenvalue weighted by Crippen LogP contribution is 2.35. The highest BCUT2D eigenvalue weighted by molar-refractivity contribution is 7.80. The van der Waals surface area contributed by atoms with Crippen LogP contribution >= 0.6 is 12.2 Å². The van der Waals surface area contributed by atoms with Gasteiger partial charge in [-0.1, -0.05) is 12.2 Å². The molecule has 0 atom stereocenters. The lowest BCUT2D eigenvalue weighted by Crippen LogP contribution is -2.41. The summed E-state index contributed by atoms with van der Waals surface area (Å²) >= 11 is 5.14. The van der Waals surface area contributed by atoms with Crippen LogP contribution in [0.1, 0.15) is 6.92 Å². The molecule has 1 aromatic carbocycles. The number of nitro groups is 1. The highest BCUT2D eigenvalue weighted by Gasteiger charge is 2.27. The van der Waals surface area contributed by atoms with Crippen molar-refractivity contribution < 1.29 is 19.2 Å². The maximum Gasteiger partial charge on any atom is 0.325 e. The van der Waals surface area contributed by atoms with Crippen LogP contribution in [-0.4, -0.2) is 35.6 Å². The Labute approximate surface area is 120 Å². The van der Waals surface area contributed by atoms with Crippen molar-refractivity contribution in [2.24, 2.45) is 0 Å². The predicted octanol–water partition coefficient (Wildman–Crippen LogP) is 1.68. The molecule has 0 saturated carbocycles. The quantitative estimate of drug-likeness (QED) is 0.362. The molecule has 1 aliphatic rings. The molecule has 2 rings (SSSR count). The maximum absolute atomic E-state index is 11.6. The van der Waals surface area contributed by atoms with E-state index in [0.29, 0.717) is 16.4 Å². The first-order chi connectivity index (χ1) is 9.52. The second kappa shape index (κ2) is 5.83. The Bertz CT molecular complexity index is 575. The number of rotatable bonds is 4. The van der Waals surface area contributed by atoms with E-state index in [4.69, 9.17) is 21.7 Å². The largest absolute Gasteiger partial charge is 0.484 e. The molecule has 106 valence electrons. The van der Waals surface area contributed by atoms with Gasteiger partial charge in [0.05, 0.1) is 17.2 Å². The molecular weight excluding hydrogens is 284 g/mol. The van der Waals surface area contributed by atoms with E-state index in [1.54, 1.807) is 6.92 Å². The van der Waals surface area contributed by atoms with Gasteiger partial charge in [0.15, 0.2) is 0 Å².